The molecule has 1 saturated carbocycles. The van der Waals surface area contributed by atoms with E-state index in [1.807, 2.05) is 0 Å². The van der Waals surface area contributed by atoms with E-state index in [0.29, 0.717) is 12.1 Å². The summed E-state index contributed by atoms with van der Waals surface area (Å²) in [4.78, 5) is 0. The number of nitrogens with two attached hydrogens (primary N) is 1. The van der Waals surface area contributed by atoms with Gasteiger partial charge in [0, 0.05) is 12.6 Å². The van der Waals surface area contributed by atoms with E-state index >= 15 is 0 Å². The van der Waals surface area contributed by atoms with Crippen LogP contribution in [0.3, 0.4) is 0 Å². The molecule has 0 amide bonds. The molecule has 0 spiro atoms. The molecular weight excluding hydrogens is 138 g/mol. The second kappa shape index (κ2) is 2.45. The number of rotatable bonds is 0. The molecule has 0 bridgehead atoms. The van der Waals surface area contributed by atoms with Crippen LogP contribution in [-0.4, -0.2) is 18.8 Å². The SMILES string of the molecule is Cl.NC1C[C@@H]2CCO[C@H]12. The van der Waals surface area contributed by atoms with Crippen molar-refractivity contribution < 1.29 is 4.74 Å². The predicted molar refractivity (Wildman–Crippen MR) is 37.7 cm³/mol. The first-order valence-corrected chi connectivity index (χ1v) is 3.25. The molecule has 2 rings (SSSR count). The molecule has 0 radical (unpaired) electrons. The number of halogens is 1. The first-order chi connectivity index (χ1) is 3.88. The molecule has 54 valence electrons. The van der Waals surface area contributed by atoms with Crippen molar-refractivity contribution >= 4 is 12.4 Å². The summed E-state index contributed by atoms with van der Waals surface area (Å²) < 4.78 is 5.34. The average Bonchev–Trinajstić information content (AvgIpc) is 2.09. The van der Waals surface area contributed by atoms with Gasteiger partial charge in [-0.15, -0.1) is 12.4 Å². The molecule has 1 unspecified atom stereocenters. The van der Waals surface area contributed by atoms with E-state index in [1.54, 1.807) is 0 Å². The van der Waals surface area contributed by atoms with Crippen LogP contribution in [0.1, 0.15) is 12.8 Å². The number of hydrogen-bond donors (Lipinski definition) is 1. The van der Waals surface area contributed by atoms with E-state index < -0.39 is 0 Å². The molecule has 2 fully saturated rings. The Morgan fingerprint density at radius 3 is 2.67 bits per heavy atom. The summed E-state index contributed by atoms with van der Waals surface area (Å²) in [7, 11) is 0. The van der Waals surface area contributed by atoms with Crippen molar-refractivity contribution in [2.24, 2.45) is 11.7 Å². The quantitative estimate of drug-likeness (QED) is 0.546. The maximum atomic E-state index is 5.64. The van der Waals surface area contributed by atoms with Gasteiger partial charge >= 0.3 is 0 Å². The summed E-state index contributed by atoms with van der Waals surface area (Å²) in [5, 5.41) is 0. The highest BCUT2D eigenvalue weighted by molar-refractivity contribution is 5.85. The van der Waals surface area contributed by atoms with Gasteiger partial charge in [0.15, 0.2) is 0 Å². The van der Waals surface area contributed by atoms with E-state index in [0.717, 1.165) is 12.5 Å². The molecule has 3 atom stereocenters. The fourth-order valence-electron chi connectivity index (χ4n) is 1.67. The molecule has 0 aromatic rings. The summed E-state index contributed by atoms with van der Waals surface area (Å²) in [5.74, 6) is 0.824. The lowest BCUT2D eigenvalue weighted by molar-refractivity contribution is 0.0133. The minimum Gasteiger partial charge on any atom is -0.376 e. The Hall–Kier alpha value is 0.210. The minimum absolute atomic E-state index is 0. The molecule has 1 heterocycles. The third-order valence-electron chi connectivity index (χ3n) is 2.26. The Morgan fingerprint density at radius 1 is 1.44 bits per heavy atom. The molecule has 0 aromatic carbocycles. The van der Waals surface area contributed by atoms with E-state index in [1.165, 1.54) is 12.8 Å². The van der Waals surface area contributed by atoms with Crippen molar-refractivity contribution in [3.05, 3.63) is 0 Å². The monoisotopic (exact) mass is 149 g/mol. The van der Waals surface area contributed by atoms with E-state index in [-0.39, 0.29) is 12.4 Å². The number of hydrogen-bond acceptors (Lipinski definition) is 2. The van der Waals surface area contributed by atoms with Crippen LogP contribution in [-0.2, 0) is 4.74 Å². The highest BCUT2D eigenvalue weighted by Gasteiger charge is 2.42. The number of fused-ring (bicyclic) bond motifs is 1. The highest BCUT2D eigenvalue weighted by atomic mass is 35.5. The lowest BCUT2D eigenvalue weighted by atomic mass is 9.78. The van der Waals surface area contributed by atoms with Crippen LogP contribution in [0.2, 0.25) is 0 Å². The highest BCUT2D eigenvalue weighted by Crippen LogP contribution is 2.36. The normalized spacial score (nSPS) is 47.0. The minimum atomic E-state index is 0. The molecule has 2 aliphatic rings. The van der Waals surface area contributed by atoms with Crippen LogP contribution >= 0.6 is 12.4 Å². The lowest BCUT2D eigenvalue weighted by Gasteiger charge is -2.35. The third kappa shape index (κ3) is 0.955. The van der Waals surface area contributed by atoms with Crippen molar-refractivity contribution in [3.63, 3.8) is 0 Å². The van der Waals surface area contributed by atoms with Gasteiger partial charge in [0.05, 0.1) is 6.10 Å². The standard InChI is InChI=1S/C6H11NO.ClH/c7-5-3-4-1-2-8-6(4)5;/h4-6H,1-3,7H2;1H/t4-,5?,6-;/m0./s1. The molecule has 1 aliphatic carbocycles. The smallest absolute Gasteiger partial charge is 0.0755 e. The van der Waals surface area contributed by atoms with Gasteiger partial charge in [-0.2, -0.15) is 0 Å². The average molecular weight is 150 g/mol. The van der Waals surface area contributed by atoms with Gasteiger partial charge in [-0.3, -0.25) is 0 Å². The summed E-state index contributed by atoms with van der Waals surface area (Å²) in [6.07, 6.45) is 2.89. The molecule has 2 N–H and O–H groups in total. The Balaban J connectivity index is 0.000000405. The molecule has 2 nitrogen and oxygen atoms in total. The van der Waals surface area contributed by atoms with Crippen molar-refractivity contribution in [2.45, 2.75) is 25.0 Å². The van der Waals surface area contributed by atoms with Gasteiger partial charge in [0.1, 0.15) is 0 Å². The van der Waals surface area contributed by atoms with Gasteiger partial charge in [0.25, 0.3) is 0 Å². The van der Waals surface area contributed by atoms with E-state index in [2.05, 4.69) is 0 Å². The van der Waals surface area contributed by atoms with Gasteiger partial charge in [-0.1, -0.05) is 0 Å². The maximum Gasteiger partial charge on any atom is 0.0755 e. The Bertz CT molecular complexity index is 109. The van der Waals surface area contributed by atoms with Gasteiger partial charge in [0.2, 0.25) is 0 Å². The van der Waals surface area contributed by atoms with Gasteiger partial charge in [-0.05, 0) is 18.8 Å². The summed E-state index contributed by atoms with van der Waals surface area (Å²) >= 11 is 0. The Kier molecular flexibility index (Phi) is 1.99. The van der Waals surface area contributed by atoms with E-state index in [9.17, 15) is 0 Å². The zero-order chi connectivity index (χ0) is 5.56. The molecule has 3 heteroatoms. The second-order valence-corrected chi connectivity index (χ2v) is 2.78. The first kappa shape index (κ1) is 7.32. The summed E-state index contributed by atoms with van der Waals surface area (Å²) in [6, 6.07) is 0.363. The van der Waals surface area contributed by atoms with Crippen LogP contribution in [0.15, 0.2) is 0 Å². The van der Waals surface area contributed by atoms with E-state index in [4.69, 9.17) is 10.5 Å². The van der Waals surface area contributed by atoms with Crippen LogP contribution < -0.4 is 5.73 Å². The zero-order valence-electron chi connectivity index (χ0n) is 5.25. The van der Waals surface area contributed by atoms with Crippen LogP contribution in [0, 0.1) is 5.92 Å². The second-order valence-electron chi connectivity index (χ2n) is 2.78. The van der Waals surface area contributed by atoms with Gasteiger partial charge in [-0.25, -0.2) is 0 Å². The molecule has 0 aromatic heterocycles. The fraction of sp³-hybridized carbons (Fsp3) is 1.00. The third-order valence-corrected chi connectivity index (χ3v) is 2.26. The summed E-state index contributed by atoms with van der Waals surface area (Å²) in [6.45, 7) is 0.947. The molecule has 9 heavy (non-hydrogen) atoms. The van der Waals surface area contributed by atoms with Crippen LogP contribution in [0.5, 0.6) is 0 Å². The van der Waals surface area contributed by atoms with Crippen molar-refractivity contribution in [1.82, 2.24) is 0 Å². The first-order valence-electron chi connectivity index (χ1n) is 3.25. The zero-order valence-corrected chi connectivity index (χ0v) is 6.06. The van der Waals surface area contributed by atoms with Crippen molar-refractivity contribution in [2.75, 3.05) is 6.61 Å². The molecule has 1 aliphatic heterocycles. The lowest BCUT2D eigenvalue weighted by Crippen LogP contribution is -2.49. The number of ether oxygens (including phenoxy) is 1. The van der Waals surface area contributed by atoms with Crippen LogP contribution in [0.4, 0.5) is 0 Å². The van der Waals surface area contributed by atoms with Crippen LogP contribution in [0.25, 0.3) is 0 Å². The summed E-state index contributed by atoms with van der Waals surface area (Å²) in [5.41, 5.74) is 5.64. The molecule has 1 saturated heterocycles. The van der Waals surface area contributed by atoms with Crippen molar-refractivity contribution in [3.8, 4) is 0 Å². The Labute approximate surface area is 61.2 Å². The Morgan fingerprint density at radius 2 is 2.22 bits per heavy atom. The maximum absolute atomic E-state index is 5.64. The van der Waals surface area contributed by atoms with Crippen molar-refractivity contribution in [1.29, 1.82) is 0 Å². The fourth-order valence-corrected chi connectivity index (χ4v) is 1.67. The molecular formula is C6H12ClNO. The van der Waals surface area contributed by atoms with Gasteiger partial charge < -0.3 is 10.5 Å². The predicted octanol–water partition coefficient (Wildman–Crippen LogP) is 0.544. The largest absolute Gasteiger partial charge is 0.376 e. The topological polar surface area (TPSA) is 35.2 Å².